The van der Waals surface area contributed by atoms with Gasteiger partial charge in [0, 0.05) is 49.0 Å². The Morgan fingerprint density at radius 3 is 2.72 bits per heavy atom. The van der Waals surface area contributed by atoms with Crippen molar-refractivity contribution in [2.45, 2.75) is 50.8 Å². The fourth-order valence-corrected chi connectivity index (χ4v) is 5.23. The monoisotopic (exact) mass is 451 g/mol. The molecule has 2 fully saturated rings. The second-order valence-electron chi connectivity index (χ2n) is 8.82. The number of rotatable bonds is 5. The summed E-state index contributed by atoms with van der Waals surface area (Å²) in [6.07, 6.45) is 9.78. The third kappa shape index (κ3) is 4.58. The highest BCUT2D eigenvalue weighted by Crippen LogP contribution is 2.33. The van der Waals surface area contributed by atoms with E-state index in [9.17, 15) is 0 Å². The van der Waals surface area contributed by atoms with E-state index in [1.54, 1.807) is 7.11 Å². The number of fused-ring (bicyclic) bond motifs is 1. The van der Waals surface area contributed by atoms with Gasteiger partial charge in [-0.05, 0) is 62.1 Å². The summed E-state index contributed by atoms with van der Waals surface area (Å²) in [5.41, 5.74) is 2.24. The molecule has 0 amide bonds. The largest absolute Gasteiger partial charge is 0.381 e. The smallest absolute Gasteiger partial charge is 0.145 e. The van der Waals surface area contributed by atoms with E-state index in [2.05, 4.69) is 20.9 Å². The van der Waals surface area contributed by atoms with Crippen LogP contribution in [0.1, 0.15) is 49.5 Å². The molecule has 2 aliphatic rings. The zero-order valence-corrected chi connectivity index (χ0v) is 19.3. The average Bonchev–Trinajstić information content (AvgIpc) is 2.85. The Balaban J connectivity index is 1.47. The lowest BCUT2D eigenvalue weighted by molar-refractivity contribution is 0.0818. The molecule has 3 aromatic rings. The van der Waals surface area contributed by atoms with Crippen LogP contribution < -0.4 is 4.90 Å². The van der Waals surface area contributed by atoms with Gasteiger partial charge in [-0.2, -0.15) is 0 Å². The SMILES string of the molecule is COC1CCN(c2nc(CN3CCCC[C@H]3c3cccnc3)nc3ccc(Cl)cc23)CC1. The zero-order valence-electron chi connectivity index (χ0n) is 18.6. The van der Waals surface area contributed by atoms with Crippen molar-refractivity contribution in [1.29, 1.82) is 0 Å². The summed E-state index contributed by atoms with van der Waals surface area (Å²) in [6.45, 7) is 3.65. The number of likely N-dealkylation sites (tertiary alicyclic amines) is 1. The first-order valence-electron chi connectivity index (χ1n) is 11.6. The van der Waals surface area contributed by atoms with E-state index >= 15 is 0 Å². The molecular weight excluding hydrogens is 422 g/mol. The van der Waals surface area contributed by atoms with E-state index in [0.29, 0.717) is 12.1 Å². The second-order valence-corrected chi connectivity index (χ2v) is 9.25. The minimum absolute atomic E-state index is 0.330. The molecule has 4 heterocycles. The lowest BCUT2D eigenvalue weighted by atomic mass is 9.96. The molecule has 1 atom stereocenters. The summed E-state index contributed by atoms with van der Waals surface area (Å²) in [4.78, 5) is 19.3. The van der Waals surface area contributed by atoms with Gasteiger partial charge in [-0.1, -0.05) is 24.1 Å². The van der Waals surface area contributed by atoms with Gasteiger partial charge in [-0.25, -0.2) is 9.97 Å². The number of halogens is 1. The molecular formula is C25H30ClN5O. The first kappa shape index (κ1) is 21.6. The van der Waals surface area contributed by atoms with Crippen LogP contribution in [0.2, 0.25) is 5.02 Å². The molecule has 2 aliphatic heterocycles. The van der Waals surface area contributed by atoms with E-state index in [0.717, 1.165) is 73.0 Å². The van der Waals surface area contributed by atoms with Crippen LogP contribution in [-0.2, 0) is 11.3 Å². The summed E-state index contributed by atoms with van der Waals surface area (Å²) in [5, 5.41) is 1.74. The third-order valence-corrected chi connectivity index (χ3v) is 7.02. The molecule has 0 saturated carbocycles. The number of nitrogens with zero attached hydrogens (tertiary/aromatic N) is 5. The van der Waals surface area contributed by atoms with Crippen molar-refractivity contribution in [3.05, 3.63) is 59.1 Å². The van der Waals surface area contributed by atoms with Crippen LogP contribution in [0.5, 0.6) is 0 Å². The zero-order chi connectivity index (χ0) is 21.9. The molecule has 32 heavy (non-hydrogen) atoms. The van der Waals surface area contributed by atoms with Gasteiger partial charge in [0.25, 0.3) is 0 Å². The van der Waals surface area contributed by atoms with Gasteiger partial charge in [0.2, 0.25) is 0 Å². The normalized spacial score (nSPS) is 20.7. The summed E-state index contributed by atoms with van der Waals surface area (Å²) in [6, 6.07) is 10.5. The van der Waals surface area contributed by atoms with E-state index in [1.165, 1.54) is 18.4 Å². The fourth-order valence-electron chi connectivity index (χ4n) is 5.06. The molecule has 0 N–H and O–H groups in total. The lowest BCUT2D eigenvalue weighted by Gasteiger charge is -2.36. The van der Waals surface area contributed by atoms with E-state index in [-0.39, 0.29) is 0 Å². The molecule has 6 nitrogen and oxygen atoms in total. The summed E-state index contributed by atoms with van der Waals surface area (Å²) >= 11 is 6.35. The van der Waals surface area contributed by atoms with Gasteiger partial charge in [0.15, 0.2) is 0 Å². The number of benzene rings is 1. The van der Waals surface area contributed by atoms with Gasteiger partial charge in [-0.3, -0.25) is 9.88 Å². The number of anilines is 1. The molecule has 7 heteroatoms. The number of pyridine rings is 1. The van der Waals surface area contributed by atoms with E-state index in [1.807, 2.05) is 36.7 Å². The number of hydrogen-bond acceptors (Lipinski definition) is 6. The van der Waals surface area contributed by atoms with Crippen molar-refractivity contribution in [2.75, 3.05) is 31.6 Å². The fraction of sp³-hybridized carbons (Fsp3) is 0.480. The maximum atomic E-state index is 6.35. The van der Waals surface area contributed by atoms with Gasteiger partial charge >= 0.3 is 0 Å². The average molecular weight is 452 g/mol. The standard InChI is InChI=1S/C25H30ClN5O/c1-32-20-9-13-30(14-10-20)25-21-15-19(26)7-8-22(21)28-24(29-25)17-31-12-3-2-6-23(31)18-5-4-11-27-16-18/h4-5,7-8,11,15-16,20,23H,2-3,6,9-10,12-14,17H2,1H3/t23-/m0/s1. The van der Waals surface area contributed by atoms with Crippen LogP contribution in [-0.4, -0.2) is 52.7 Å². The van der Waals surface area contributed by atoms with E-state index in [4.69, 9.17) is 26.3 Å². The highest BCUT2D eigenvalue weighted by molar-refractivity contribution is 6.31. The Labute approximate surface area is 194 Å². The van der Waals surface area contributed by atoms with Gasteiger partial charge in [0.05, 0.1) is 18.2 Å². The van der Waals surface area contributed by atoms with Crippen molar-refractivity contribution in [1.82, 2.24) is 19.9 Å². The first-order chi connectivity index (χ1) is 15.7. The number of ether oxygens (including phenoxy) is 1. The topological polar surface area (TPSA) is 54.4 Å². The van der Waals surface area contributed by atoms with Crippen LogP contribution in [0.3, 0.4) is 0 Å². The Kier molecular flexibility index (Phi) is 6.53. The van der Waals surface area contributed by atoms with Crippen LogP contribution in [0.4, 0.5) is 5.82 Å². The summed E-state index contributed by atoms with van der Waals surface area (Å²) in [7, 11) is 1.80. The molecule has 2 aromatic heterocycles. The minimum atomic E-state index is 0.330. The Hall–Kier alpha value is -2.28. The van der Waals surface area contributed by atoms with Crippen LogP contribution in [0.15, 0.2) is 42.7 Å². The summed E-state index contributed by atoms with van der Waals surface area (Å²) < 4.78 is 5.57. The first-order valence-corrected chi connectivity index (χ1v) is 12.0. The minimum Gasteiger partial charge on any atom is -0.381 e. The summed E-state index contributed by atoms with van der Waals surface area (Å²) in [5.74, 6) is 1.87. The Bertz CT molecular complexity index is 1050. The van der Waals surface area contributed by atoms with Crippen molar-refractivity contribution in [3.8, 4) is 0 Å². The number of piperidine rings is 2. The second kappa shape index (κ2) is 9.69. The van der Waals surface area contributed by atoms with Crippen LogP contribution in [0.25, 0.3) is 10.9 Å². The predicted octanol–water partition coefficient (Wildman–Crippen LogP) is 5.02. The Morgan fingerprint density at radius 1 is 1.06 bits per heavy atom. The maximum absolute atomic E-state index is 6.35. The molecule has 168 valence electrons. The molecule has 0 bridgehead atoms. The maximum Gasteiger partial charge on any atom is 0.145 e. The van der Waals surface area contributed by atoms with Crippen LogP contribution in [0, 0.1) is 0 Å². The Morgan fingerprint density at radius 2 is 1.94 bits per heavy atom. The quantitative estimate of drug-likeness (QED) is 0.542. The van der Waals surface area contributed by atoms with Crippen molar-refractivity contribution in [3.63, 3.8) is 0 Å². The molecule has 0 unspecified atom stereocenters. The van der Waals surface area contributed by atoms with Crippen molar-refractivity contribution >= 4 is 28.3 Å². The van der Waals surface area contributed by atoms with Gasteiger partial charge in [0.1, 0.15) is 11.6 Å². The highest BCUT2D eigenvalue weighted by atomic mass is 35.5. The lowest BCUT2D eigenvalue weighted by Crippen LogP contribution is -2.38. The molecule has 0 aliphatic carbocycles. The number of aromatic nitrogens is 3. The van der Waals surface area contributed by atoms with Gasteiger partial charge < -0.3 is 9.64 Å². The number of hydrogen-bond donors (Lipinski definition) is 0. The van der Waals surface area contributed by atoms with Crippen LogP contribution >= 0.6 is 11.6 Å². The van der Waals surface area contributed by atoms with E-state index < -0.39 is 0 Å². The molecule has 2 saturated heterocycles. The third-order valence-electron chi connectivity index (χ3n) is 6.79. The molecule has 0 radical (unpaired) electrons. The predicted molar refractivity (Wildman–Crippen MR) is 128 cm³/mol. The molecule has 0 spiro atoms. The molecule has 5 rings (SSSR count). The number of methoxy groups -OCH3 is 1. The molecule has 1 aromatic carbocycles. The highest BCUT2D eigenvalue weighted by Gasteiger charge is 2.27. The van der Waals surface area contributed by atoms with Crippen molar-refractivity contribution < 1.29 is 4.74 Å². The van der Waals surface area contributed by atoms with Gasteiger partial charge in [-0.15, -0.1) is 0 Å². The van der Waals surface area contributed by atoms with Crippen molar-refractivity contribution in [2.24, 2.45) is 0 Å².